The van der Waals surface area contributed by atoms with Crippen molar-refractivity contribution in [1.82, 2.24) is 15.1 Å². The third-order valence-corrected chi connectivity index (χ3v) is 5.57. The number of piperazine rings is 1. The lowest BCUT2D eigenvalue weighted by Crippen LogP contribution is -2.50. The van der Waals surface area contributed by atoms with Crippen LogP contribution in [-0.2, 0) is 14.3 Å². The van der Waals surface area contributed by atoms with Gasteiger partial charge in [-0.05, 0) is 17.5 Å². The van der Waals surface area contributed by atoms with Gasteiger partial charge in [0.25, 0.3) is 0 Å². The summed E-state index contributed by atoms with van der Waals surface area (Å²) in [6, 6.07) is 21.2. The Hall–Kier alpha value is -2.70. The Kier molecular flexibility index (Phi) is 9.06. The Labute approximate surface area is 185 Å². The van der Waals surface area contributed by atoms with E-state index in [4.69, 9.17) is 4.74 Å². The van der Waals surface area contributed by atoms with E-state index in [1.165, 1.54) is 11.1 Å². The summed E-state index contributed by atoms with van der Waals surface area (Å²) in [5.41, 5.74) is 2.51. The number of hydrogen-bond donors (Lipinski definition) is 1. The summed E-state index contributed by atoms with van der Waals surface area (Å²) in [4.78, 5) is 28.5. The Morgan fingerprint density at radius 1 is 0.903 bits per heavy atom. The van der Waals surface area contributed by atoms with E-state index in [0.717, 1.165) is 25.9 Å². The molecule has 2 aromatic rings. The zero-order valence-corrected chi connectivity index (χ0v) is 18.3. The van der Waals surface area contributed by atoms with Crippen LogP contribution in [0.1, 0.15) is 36.9 Å². The van der Waals surface area contributed by atoms with E-state index in [1.807, 2.05) is 17.0 Å². The highest BCUT2D eigenvalue weighted by atomic mass is 16.5. The number of nitrogens with one attached hydrogen (secondary N) is 1. The molecule has 0 aromatic heterocycles. The average Bonchev–Trinajstić information content (AvgIpc) is 2.81. The SMILES string of the molecule is CCCCNC(=O)COCC(=O)N1CCN(C(c2ccccc2)c2ccccc2)CC1. The topological polar surface area (TPSA) is 61.9 Å². The molecule has 2 aromatic carbocycles. The van der Waals surface area contributed by atoms with Gasteiger partial charge in [-0.15, -0.1) is 0 Å². The summed E-state index contributed by atoms with van der Waals surface area (Å²) in [5, 5.41) is 2.79. The molecule has 1 heterocycles. The average molecular weight is 424 g/mol. The normalized spacial score (nSPS) is 14.6. The van der Waals surface area contributed by atoms with Crippen LogP contribution in [0.15, 0.2) is 60.7 Å². The second-order valence-corrected chi connectivity index (χ2v) is 7.84. The smallest absolute Gasteiger partial charge is 0.248 e. The van der Waals surface area contributed by atoms with Crippen LogP contribution in [0.2, 0.25) is 0 Å². The molecule has 2 amide bonds. The Morgan fingerprint density at radius 2 is 1.48 bits per heavy atom. The molecule has 1 N–H and O–H groups in total. The number of rotatable bonds is 10. The van der Waals surface area contributed by atoms with Gasteiger partial charge < -0.3 is 15.0 Å². The van der Waals surface area contributed by atoms with Crippen molar-refractivity contribution in [2.75, 3.05) is 45.9 Å². The van der Waals surface area contributed by atoms with E-state index < -0.39 is 0 Å². The molecule has 0 saturated carbocycles. The van der Waals surface area contributed by atoms with E-state index >= 15 is 0 Å². The summed E-state index contributed by atoms with van der Waals surface area (Å²) in [7, 11) is 0. The Bertz CT molecular complexity index is 766. The zero-order chi connectivity index (χ0) is 21.9. The van der Waals surface area contributed by atoms with Crippen LogP contribution < -0.4 is 5.32 Å². The third-order valence-electron chi connectivity index (χ3n) is 5.57. The fourth-order valence-corrected chi connectivity index (χ4v) is 3.89. The molecule has 1 saturated heterocycles. The van der Waals surface area contributed by atoms with Gasteiger partial charge in [-0.2, -0.15) is 0 Å². The molecular weight excluding hydrogens is 390 g/mol. The summed E-state index contributed by atoms with van der Waals surface area (Å²) in [6.45, 7) is 5.49. The van der Waals surface area contributed by atoms with Gasteiger partial charge in [-0.1, -0.05) is 74.0 Å². The van der Waals surface area contributed by atoms with Gasteiger partial charge in [-0.3, -0.25) is 14.5 Å². The molecule has 0 bridgehead atoms. The van der Waals surface area contributed by atoms with E-state index in [2.05, 4.69) is 65.7 Å². The fourth-order valence-electron chi connectivity index (χ4n) is 3.89. The molecule has 1 fully saturated rings. The van der Waals surface area contributed by atoms with Crippen LogP contribution in [0, 0.1) is 0 Å². The molecule has 31 heavy (non-hydrogen) atoms. The van der Waals surface area contributed by atoms with E-state index in [1.54, 1.807) is 0 Å². The maximum atomic E-state index is 12.5. The number of benzene rings is 2. The minimum Gasteiger partial charge on any atom is -0.362 e. The minimum absolute atomic E-state index is 0.0536. The van der Waals surface area contributed by atoms with Crippen LogP contribution in [0.5, 0.6) is 0 Å². The van der Waals surface area contributed by atoms with Gasteiger partial charge in [0, 0.05) is 32.7 Å². The summed E-state index contributed by atoms with van der Waals surface area (Å²) >= 11 is 0. The zero-order valence-electron chi connectivity index (χ0n) is 18.3. The van der Waals surface area contributed by atoms with Crippen molar-refractivity contribution in [2.24, 2.45) is 0 Å². The van der Waals surface area contributed by atoms with Crippen LogP contribution in [0.3, 0.4) is 0 Å². The van der Waals surface area contributed by atoms with Crippen molar-refractivity contribution in [3.05, 3.63) is 71.8 Å². The van der Waals surface area contributed by atoms with E-state index in [-0.39, 0.29) is 31.1 Å². The van der Waals surface area contributed by atoms with E-state index in [0.29, 0.717) is 19.6 Å². The second-order valence-electron chi connectivity index (χ2n) is 7.84. The van der Waals surface area contributed by atoms with E-state index in [9.17, 15) is 9.59 Å². The maximum absolute atomic E-state index is 12.5. The van der Waals surface area contributed by atoms with Crippen LogP contribution in [-0.4, -0.2) is 67.6 Å². The van der Waals surface area contributed by atoms with Crippen molar-refractivity contribution in [3.8, 4) is 0 Å². The van der Waals surface area contributed by atoms with Gasteiger partial charge >= 0.3 is 0 Å². The summed E-state index contributed by atoms with van der Waals surface area (Å²) in [6.07, 6.45) is 1.98. The van der Waals surface area contributed by atoms with Gasteiger partial charge in [-0.25, -0.2) is 0 Å². The predicted molar refractivity (Wildman–Crippen MR) is 122 cm³/mol. The van der Waals surface area contributed by atoms with Gasteiger partial charge in [0.05, 0.1) is 6.04 Å². The van der Waals surface area contributed by atoms with Crippen LogP contribution in [0.25, 0.3) is 0 Å². The minimum atomic E-state index is -0.167. The molecule has 6 nitrogen and oxygen atoms in total. The number of hydrogen-bond acceptors (Lipinski definition) is 4. The number of ether oxygens (including phenoxy) is 1. The first-order chi connectivity index (χ1) is 15.2. The van der Waals surface area contributed by atoms with Crippen molar-refractivity contribution >= 4 is 11.8 Å². The largest absolute Gasteiger partial charge is 0.362 e. The molecule has 1 aliphatic rings. The van der Waals surface area contributed by atoms with Crippen molar-refractivity contribution in [3.63, 3.8) is 0 Å². The van der Waals surface area contributed by atoms with Crippen LogP contribution >= 0.6 is 0 Å². The number of unbranched alkanes of at least 4 members (excludes halogenated alkanes) is 1. The monoisotopic (exact) mass is 423 g/mol. The molecule has 0 aliphatic carbocycles. The Morgan fingerprint density at radius 3 is 2.03 bits per heavy atom. The first-order valence-electron chi connectivity index (χ1n) is 11.1. The predicted octanol–water partition coefficient (Wildman–Crippen LogP) is 2.85. The summed E-state index contributed by atoms with van der Waals surface area (Å²) < 4.78 is 5.34. The highest BCUT2D eigenvalue weighted by Crippen LogP contribution is 2.29. The standard InChI is InChI=1S/C25H33N3O3/c1-2-3-14-26-23(29)19-31-20-24(30)27-15-17-28(18-16-27)25(21-10-6-4-7-11-21)22-12-8-5-9-13-22/h4-13,25H,2-3,14-20H2,1H3,(H,26,29). The molecule has 0 spiro atoms. The molecule has 0 atom stereocenters. The highest BCUT2D eigenvalue weighted by Gasteiger charge is 2.28. The highest BCUT2D eigenvalue weighted by molar-refractivity contribution is 5.79. The first-order valence-corrected chi connectivity index (χ1v) is 11.1. The number of nitrogens with zero attached hydrogens (tertiary/aromatic N) is 2. The lowest BCUT2D eigenvalue weighted by Gasteiger charge is -2.39. The second kappa shape index (κ2) is 12.2. The molecule has 1 aliphatic heterocycles. The quantitative estimate of drug-likeness (QED) is 0.597. The van der Waals surface area contributed by atoms with Gasteiger partial charge in [0.15, 0.2) is 0 Å². The first kappa shape index (κ1) is 23.0. The molecule has 0 radical (unpaired) electrons. The maximum Gasteiger partial charge on any atom is 0.248 e. The molecular formula is C25H33N3O3. The van der Waals surface area contributed by atoms with Crippen molar-refractivity contribution in [2.45, 2.75) is 25.8 Å². The molecule has 6 heteroatoms. The molecule has 3 rings (SSSR count). The number of amides is 2. The van der Waals surface area contributed by atoms with Crippen molar-refractivity contribution < 1.29 is 14.3 Å². The van der Waals surface area contributed by atoms with Gasteiger partial charge in [0.2, 0.25) is 11.8 Å². The molecule has 0 unspecified atom stereocenters. The number of carbonyl (C=O) groups excluding carboxylic acids is 2. The fraction of sp³-hybridized carbons (Fsp3) is 0.440. The number of carbonyl (C=O) groups is 2. The van der Waals surface area contributed by atoms with Crippen molar-refractivity contribution in [1.29, 1.82) is 0 Å². The van der Waals surface area contributed by atoms with Gasteiger partial charge in [0.1, 0.15) is 13.2 Å². The van der Waals surface area contributed by atoms with Crippen LogP contribution in [0.4, 0.5) is 0 Å². The lowest BCUT2D eigenvalue weighted by molar-refractivity contribution is -0.140. The lowest BCUT2D eigenvalue weighted by atomic mass is 9.96. The molecule has 166 valence electrons. The Balaban J connectivity index is 1.50. The summed E-state index contributed by atoms with van der Waals surface area (Å²) in [5.74, 6) is -0.225. The third kappa shape index (κ3) is 6.91.